The highest BCUT2D eigenvalue weighted by Gasteiger charge is 2.18. The number of hydrogen-bond acceptors (Lipinski definition) is 6. The molecule has 9 heteroatoms. The maximum absolute atomic E-state index is 12.9. The van der Waals surface area contributed by atoms with Crippen molar-refractivity contribution in [3.8, 4) is 5.69 Å². The van der Waals surface area contributed by atoms with E-state index in [4.69, 9.17) is 0 Å². The molecule has 196 valence electrons. The minimum absolute atomic E-state index is 0.129. The molecule has 0 unspecified atom stereocenters. The fourth-order valence-corrected chi connectivity index (χ4v) is 5.37. The lowest BCUT2D eigenvalue weighted by molar-refractivity contribution is 0.102. The number of carbonyl (C=O) groups excluding carboxylic acids is 2. The molecule has 1 saturated heterocycles. The van der Waals surface area contributed by atoms with E-state index < -0.39 is 0 Å². The minimum Gasteiger partial charge on any atom is -0.393 e. The quantitative estimate of drug-likeness (QED) is 0.264. The van der Waals surface area contributed by atoms with Crippen LogP contribution in [0.4, 0.5) is 17.1 Å². The van der Waals surface area contributed by atoms with Crippen LogP contribution in [0.3, 0.4) is 0 Å². The van der Waals surface area contributed by atoms with Gasteiger partial charge in [0.2, 0.25) is 0 Å². The number of nitrogens with one attached hydrogen (secondary N) is 2. The first-order valence-electron chi connectivity index (χ1n) is 12.8. The van der Waals surface area contributed by atoms with Crippen LogP contribution in [0.15, 0.2) is 90.4 Å². The van der Waals surface area contributed by atoms with Crippen molar-refractivity contribution in [1.29, 1.82) is 0 Å². The van der Waals surface area contributed by atoms with Gasteiger partial charge >= 0.3 is 0 Å². The summed E-state index contributed by atoms with van der Waals surface area (Å²) < 4.78 is 1.82. The van der Waals surface area contributed by atoms with E-state index in [0.29, 0.717) is 21.8 Å². The Labute approximate surface area is 229 Å². The maximum Gasteiger partial charge on any atom is 0.265 e. The van der Waals surface area contributed by atoms with Gasteiger partial charge < -0.3 is 20.6 Å². The number of rotatable bonds is 6. The van der Waals surface area contributed by atoms with Crippen molar-refractivity contribution in [2.24, 2.45) is 0 Å². The molecule has 8 nitrogen and oxygen atoms in total. The second-order valence-corrected chi connectivity index (χ2v) is 10.5. The van der Waals surface area contributed by atoms with Gasteiger partial charge in [-0.2, -0.15) is 5.10 Å². The number of anilines is 3. The van der Waals surface area contributed by atoms with Crippen LogP contribution in [0.5, 0.6) is 0 Å². The SMILES string of the molecule is O=C(Nc1ccc2c(cnn2-c2ccc(NC(=O)c3cccs3)cc2)c1)c1ccc(N2CCC(O)CC2)cc1. The van der Waals surface area contributed by atoms with Crippen molar-refractivity contribution < 1.29 is 14.7 Å². The first-order valence-corrected chi connectivity index (χ1v) is 13.7. The molecule has 0 aliphatic carbocycles. The Bertz CT molecular complexity index is 1600. The number of carbonyl (C=O) groups is 2. The van der Waals surface area contributed by atoms with Gasteiger partial charge in [-0.3, -0.25) is 9.59 Å². The smallest absolute Gasteiger partial charge is 0.265 e. The number of amides is 2. The van der Waals surface area contributed by atoms with Gasteiger partial charge in [0, 0.05) is 41.1 Å². The van der Waals surface area contributed by atoms with Gasteiger partial charge in [-0.15, -0.1) is 11.3 Å². The summed E-state index contributed by atoms with van der Waals surface area (Å²) in [6.07, 6.45) is 3.08. The lowest BCUT2D eigenvalue weighted by Crippen LogP contribution is -2.35. The summed E-state index contributed by atoms with van der Waals surface area (Å²) >= 11 is 1.40. The number of hydrogen-bond donors (Lipinski definition) is 3. The second-order valence-electron chi connectivity index (χ2n) is 9.53. The summed E-state index contributed by atoms with van der Waals surface area (Å²) in [7, 11) is 0. The highest BCUT2D eigenvalue weighted by Crippen LogP contribution is 2.25. The summed E-state index contributed by atoms with van der Waals surface area (Å²) in [6.45, 7) is 1.63. The van der Waals surface area contributed by atoms with Crippen LogP contribution < -0.4 is 15.5 Å². The van der Waals surface area contributed by atoms with E-state index in [1.807, 2.05) is 82.9 Å². The molecule has 0 atom stereocenters. The molecule has 1 aliphatic heterocycles. The molecule has 3 aromatic carbocycles. The fraction of sp³-hybridized carbons (Fsp3) is 0.167. The van der Waals surface area contributed by atoms with Gasteiger partial charge in [-0.1, -0.05) is 6.07 Å². The Morgan fingerprint density at radius 1 is 0.846 bits per heavy atom. The van der Waals surface area contributed by atoms with Crippen molar-refractivity contribution in [2.75, 3.05) is 28.6 Å². The van der Waals surface area contributed by atoms with Gasteiger partial charge in [-0.25, -0.2) is 4.68 Å². The zero-order chi connectivity index (χ0) is 26.8. The largest absolute Gasteiger partial charge is 0.393 e. The molecule has 6 rings (SSSR count). The molecule has 2 amide bonds. The van der Waals surface area contributed by atoms with Gasteiger partial charge in [-0.05, 0) is 91.0 Å². The second kappa shape index (κ2) is 10.7. The van der Waals surface area contributed by atoms with Gasteiger partial charge in [0.1, 0.15) is 0 Å². The predicted molar refractivity (Wildman–Crippen MR) is 155 cm³/mol. The number of aliphatic hydroxyl groups excluding tert-OH is 1. The highest BCUT2D eigenvalue weighted by molar-refractivity contribution is 7.12. The summed E-state index contributed by atoms with van der Waals surface area (Å²) in [5.74, 6) is -0.307. The number of piperidine rings is 1. The zero-order valence-electron chi connectivity index (χ0n) is 21.1. The van der Waals surface area contributed by atoms with Gasteiger partial charge in [0.25, 0.3) is 11.8 Å². The Morgan fingerprint density at radius 2 is 1.54 bits per heavy atom. The van der Waals surface area contributed by atoms with Crippen LogP contribution in [0.1, 0.15) is 32.9 Å². The highest BCUT2D eigenvalue weighted by atomic mass is 32.1. The standard InChI is InChI=1S/C30H27N5O3S/c36-26-13-15-34(16-14-26)24-8-3-20(4-9-24)29(37)33-23-7-12-27-21(18-23)19-31-35(27)25-10-5-22(6-11-25)32-30(38)28-2-1-17-39-28/h1-12,17-19,26,36H,13-16H2,(H,32,38)(H,33,37). The summed E-state index contributed by atoms with van der Waals surface area (Å²) in [4.78, 5) is 28.1. The van der Waals surface area contributed by atoms with Crippen LogP contribution in [-0.2, 0) is 0 Å². The molecule has 1 aliphatic rings. The molecule has 5 aromatic rings. The lowest BCUT2D eigenvalue weighted by Gasteiger charge is -2.31. The van der Waals surface area contributed by atoms with Crippen molar-refractivity contribution in [3.05, 3.63) is 101 Å². The Balaban J connectivity index is 1.12. The average molecular weight is 538 g/mol. The summed E-state index contributed by atoms with van der Waals surface area (Å²) in [6, 6.07) is 24.4. The topological polar surface area (TPSA) is 99.5 Å². The fourth-order valence-electron chi connectivity index (χ4n) is 4.75. The summed E-state index contributed by atoms with van der Waals surface area (Å²) in [5, 5.41) is 22.9. The number of benzene rings is 3. The van der Waals surface area contributed by atoms with E-state index in [1.165, 1.54) is 11.3 Å². The molecule has 0 spiro atoms. The minimum atomic E-state index is -0.216. The van der Waals surface area contributed by atoms with Crippen molar-refractivity contribution in [3.63, 3.8) is 0 Å². The van der Waals surface area contributed by atoms with Crippen molar-refractivity contribution >= 4 is 51.1 Å². The van der Waals surface area contributed by atoms with E-state index >= 15 is 0 Å². The Kier molecular flexibility index (Phi) is 6.83. The first-order chi connectivity index (χ1) is 19.0. The van der Waals surface area contributed by atoms with Crippen LogP contribution >= 0.6 is 11.3 Å². The van der Waals surface area contributed by atoms with E-state index in [0.717, 1.165) is 48.2 Å². The summed E-state index contributed by atoms with van der Waals surface area (Å²) in [5.41, 5.74) is 4.80. The Morgan fingerprint density at radius 3 is 2.26 bits per heavy atom. The van der Waals surface area contributed by atoms with E-state index in [9.17, 15) is 14.7 Å². The molecule has 1 fully saturated rings. The molecule has 0 bridgehead atoms. The molecule has 2 aromatic heterocycles. The molecular formula is C30H27N5O3S. The van der Waals surface area contributed by atoms with Crippen LogP contribution in [0, 0.1) is 0 Å². The van der Waals surface area contributed by atoms with E-state index in [-0.39, 0.29) is 17.9 Å². The zero-order valence-corrected chi connectivity index (χ0v) is 21.9. The van der Waals surface area contributed by atoms with Crippen molar-refractivity contribution in [1.82, 2.24) is 9.78 Å². The van der Waals surface area contributed by atoms with Gasteiger partial charge in [0.15, 0.2) is 0 Å². The van der Waals surface area contributed by atoms with Gasteiger partial charge in [0.05, 0.1) is 28.4 Å². The molecule has 3 heterocycles. The van der Waals surface area contributed by atoms with E-state index in [1.54, 1.807) is 12.3 Å². The van der Waals surface area contributed by atoms with Crippen LogP contribution in [0.25, 0.3) is 16.6 Å². The van der Waals surface area contributed by atoms with Crippen LogP contribution in [0.2, 0.25) is 0 Å². The number of thiophene rings is 1. The number of nitrogens with zero attached hydrogens (tertiary/aromatic N) is 3. The third-order valence-corrected chi connectivity index (χ3v) is 7.77. The molecule has 3 N–H and O–H groups in total. The monoisotopic (exact) mass is 537 g/mol. The normalized spacial score (nSPS) is 13.9. The molecular weight excluding hydrogens is 510 g/mol. The van der Waals surface area contributed by atoms with Crippen molar-refractivity contribution in [2.45, 2.75) is 18.9 Å². The van der Waals surface area contributed by atoms with Crippen LogP contribution in [-0.4, -0.2) is 45.9 Å². The predicted octanol–water partition coefficient (Wildman–Crippen LogP) is 5.55. The third kappa shape index (κ3) is 5.41. The average Bonchev–Trinajstić information content (AvgIpc) is 3.65. The third-order valence-electron chi connectivity index (χ3n) is 6.90. The Hall–Kier alpha value is -4.47. The number of aliphatic hydroxyl groups is 1. The molecule has 0 radical (unpaired) electrons. The first kappa shape index (κ1) is 24.8. The van der Waals surface area contributed by atoms with E-state index in [2.05, 4.69) is 20.6 Å². The number of fused-ring (bicyclic) bond motifs is 1. The maximum atomic E-state index is 12.9. The lowest BCUT2D eigenvalue weighted by atomic mass is 10.1. The molecule has 0 saturated carbocycles. The molecule has 39 heavy (non-hydrogen) atoms. The number of aromatic nitrogens is 2.